The number of hydrogen-bond donors (Lipinski definition) is 1. The van der Waals surface area contributed by atoms with Gasteiger partial charge in [0.25, 0.3) is 0 Å². The summed E-state index contributed by atoms with van der Waals surface area (Å²) in [5.41, 5.74) is 3.93. The largest absolute Gasteiger partial charge is 0.466 e. The maximum atomic E-state index is 5.80. The summed E-state index contributed by atoms with van der Waals surface area (Å²) in [6.45, 7) is 11.6. The van der Waals surface area contributed by atoms with Gasteiger partial charge in [-0.3, -0.25) is 0 Å². The Morgan fingerprint density at radius 3 is 2.42 bits per heavy atom. The van der Waals surface area contributed by atoms with Crippen molar-refractivity contribution in [3.63, 3.8) is 0 Å². The van der Waals surface area contributed by atoms with E-state index in [0.29, 0.717) is 0 Å². The number of rotatable bonds is 5. The zero-order valence-corrected chi connectivity index (χ0v) is 13.3. The van der Waals surface area contributed by atoms with Crippen molar-refractivity contribution in [3.05, 3.63) is 44.5 Å². The van der Waals surface area contributed by atoms with Gasteiger partial charge < -0.3 is 9.73 Å². The Hall–Kier alpha value is -1.06. The van der Waals surface area contributed by atoms with E-state index in [1.54, 1.807) is 0 Å². The molecule has 0 fully saturated rings. The summed E-state index contributed by atoms with van der Waals surface area (Å²) in [5.74, 6) is 2.07. The van der Waals surface area contributed by atoms with Crippen LogP contribution in [-0.4, -0.2) is 6.54 Å². The minimum absolute atomic E-state index is 0.252. The Bertz CT molecular complexity index is 553. The summed E-state index contributed by atoms with van der Waals surface area (Å²) in [6, 6.07) is 2.53. The first-order valence-electron chi connectivity index (χ1n) is 6.89. The van der Waals surface area contributed by atoms with Crippen molar-refractivity contribution in [2.75, 3.05) is 6.54 Å². The van der Waals surface area contributed by atoms with Crippen molar-refractivity contribution >= 4 is 11.3 Å². The minimum Gasteiger partial charge on any atom is -0.466 e. The summed E-state index contributed by atoms with van der Waals surface area (Å²) >= 11 is 1.81. The molecule has 19 heavy (non-hydrogen) atoms. The van der Waals surface area contributed by atoms with Crippen LogP contribution in [0.1, 0.15) is 52.5 Å². The molecule has 104 valence electrons. The lowest BCUT2D eigenvalue weighted by Crippen LogP contribution is -2.23. The van der Waals surface area contributed by atoms with Gasteiger partial charge in [0.05, 0.1) is 6.04 Å². The first-order valence-corrected chi connectivity index (χ1v) is 7.77. The van der Waals surface area contributed by atoms with E-state index in [1.165, 1.54) is 21.6 Å². The second-order valence-electron chi connectivity index (χ2n) is 5.13. The normalized spacial score (nSPS) is 12.9. The predicted molar refractivity (Wildman–Crippen MR) is 82.1 cm³/mol. The number of nitrogens with one attached hydrogen (secondary N) is 1. The molecule has 2 nitrogen and oxygen atoms in total. The summed E-state index contributed by atoms with van der Waals surface area (Å²) < 4.78 is 5.80. The Labute approximate surface area is 119 Å². The molecule has 1 atom stereocenters. The van der Waals surface area contributed by atoms with E-state index >= 15 is 0 Å². The van der Waals surface area contributed by atoms with Crippen LogP contribution in [0.3, 0.4) is 0 Å². The van der Waals surface area contributed by atoms with Crippen LogP contribution < -0.4 is 5.32 Å². The van der Waals surface area contributed by atoms with Gasteiger partial charge in [-0.15, -0.1) is 11.3 Å². The van der Waals surface area contributed by atoms with Crippen molar-refractivity contribution in [2.24, 2.45) is 0 Å². The molecule has 2 heterocycles. The van der Waals surface area contributed by atoms with Gasteiger partial charge in [-0.2, -0.15) is 0 Å². The van der Waals surface area contributed by atoms with Gasteiger partial charge >= 0.3 is 0 Å². The first-order chi connectivity index (χ1) is 9.04. The summed E-state index contributed by atoms with van der Waals surface area (Å²) in [7, 11) is 0. The van der Waals surface area contributed by atoms with Crippen molar-refractivity contribution in [1.82, 2.24) is 5.32 Å². The van der Waals surface area contributed by atoms with Gasteiger partial charge in [-0.05, 0) is 63.2 Å². The maximum Gasteiger partial charge on any atom is 0.106 e. The lowest BCUT2D eigenvalue weighted by Gasteiger charge is -2.18. The third kappa shape index (κ3) is 2.93. The monoisotopic (exact) mass is 277 g/mol. The van der Waals surface area contributed by atoms with Crippen molar-refractivity contribution < 1.29 is 4.42 Å². The lowest BCUT2D eigenvalue weighted by molar-refractivity contribution is 0.493. The van der Waals surface area contributed by atoms with Crippen LogP contribution in [0, 0.1) is 27.7 Å². The standard InChI is InChI=1S/C16H23NOS/c1-6-7-17-16(14-8-10(2)19-9-14)15-11(3)12(4)18-13(15)5/h8-9,16-17H,6-7H2,1-5H3. The smallest absolute Gasteiger partial charge is 0.106 e. The second kappa shape index (κ2) is 5.93. The summed E-state index contributed by atoms with van der Waals surface area (Å²) in [4.78, 5) is 1.36. The molecule has 0 aliphatic rings. The highest BCUT2D eigenvalue weighted by Gasteiger charge is 2.22. The van der Waals surface area contributed by atoms with E-state index in [9.17, 15) is 0 Å². The van der Waals surface area contributed by atoms with Crippen LogP contribution in [0.2, 0.25) is 0 Å². The van der Waals surface area contributed by atoms with E-state index in [1.807, 2.05) is 18.3 Å². The average Bonchev–Trinajstić information content (AvgIpc) is 2.88. The van der Waals surface area contributed by atoms with Gasteiger partial charge in [0, 0.05) is 10.4 Å². The fourth-order valence-corrected chi connectivity index (χ4v) is 3.26. The number of hydrogen-bond acceptors (Lipinski definition) is 3. The van der Waals surface area contributed by atoms with Gasteiger partial charge in [0.1, 0.15) is 11.5 Å². The molecule has 0 radical (unpaired) electrons. The van der Waals surface area contributed by atoms with E-state index in [0.717, 1.165) is 24.5 Å². The van der Waals surface area contributed by atoms with E-state index < -0.39 is 0 Å². The SMILES string of the molecule is CCCNC(c1csc(C)c1)c1c(C)oc(C)c1C. The highest BCUT2D eigenvalue weighted by atomic mass is 32.1. The third-order valence-corrected chi connectivity index (χ3v) is 4.47. The van der Waals surface area contributed by atoms with Gasteiger partial charge in [0.15, 0.2) is 0 Å². The van der Waals surface area contributed by atoms with Crippen LogP contribution in [-0.2, 0) is 0 Å². The highest BCUT2D eigenvalue weighted by Crippen LogP contribution is 2.33. The Kier molecular flexibility index (Phi) is 4.48. The van der Waals surface area contributed by atoms with Crippen molar-refractivity contribution in [1.29, 1.82) is 0 Å². The summed E-state index contributed by atoms with van der Waals surface area (Å²) in [5, 5.41) is 5.91. The molecule has 0 aliphatic heterocycles. The molecule has 2 aromatic heterocycles. The predicted octanol–water partition coefficient (Wildman–Crippen LogP) is 4.66. The zero-order valence-electron chi connectivity index (χ0n) is 12.5. The molecular formula is C16H23NOS. The van der Waals surface area contributed by atoms with Gasteiger partial charge in [-0.1, -0.05) is 6.92 Å². The number of furan rings is 1. The van der Waals surface area contributed by atoms with Crippen LogP contribution in [0.15, 0.2) is 15.9 Å². The van der Waals surface area contributed by atoms with E-state index in [4.69, 9.17) is 4.42 Å². The second-order valence-corrected chi connectivity index (χ2v) is 6.25. The fourth-order valence-electron chi connectivity index (χ4n) is 2.52. The number of aryl methyl sites for hydroxylation is 3. The molecule has 0 spiro atoms. The highest BCUT2D eigenvalue weighted by molar-refractivity contribution is 7.10. The lowest BCUT2D eigenvalue weighted by atomic mass is 9.97. The van der Waals surface area contributed by atoms with Crippen LogP contribution in [0.25, 0.3) is 0 Å². The Balaban J connectivity index is 2.42. The van der Waals surface area contributed by atoms with Crippen LogP contribution in [0.4, 0.5) is 0 Å². The van der Waals surface area contributed by atoms with Gasteiger partial charge in [-0.25, -0.2) is 0 Å². The maximum absolute atomic E-state index is 5.80. The molecule has 0 saturated heterocycles. The third-order valence-electron chi connectivity index (χ3n) is 3.59. The molecule has 2 rings (SSSR count). The van der Waals surface area contributed by atoms with Gasteiger partial charge in [0.2, 0.25) is 0 Å². The molecule has 0 aliphatic carbocycles. The first kappa shape index (κ1) is 14.4. The number of thiophene rings is 1. The van der Waals surface area contributed by atoms with Crippen LogP contribution in [0.5, 0.6) is 0 Å². The zero-order chi connectivity index (χ0) is 14.0. The van der Waals surface area contributed by atoms with Crippen LogP contribution >= 0.6 is 11.3 Å². The van der Waals surface area contributed by atoms with Crippen molar-refractivity contribution in [2.45, 2.75) is 47.1 Å². The topological polar surface area (TPSA) is 25.2 Å². The Morgan fingerprint density at radius 2 is 1.95 bits per heavy atom. The summed E-state index contributed by atoms with van der Waals surface area (Å²) in [6.07, 6.45) is 1.13. The molecule has 1 N–H and O–H groups in total. The molecule has 0 saturated carbocycles. The quantitative estimate of drug-likeness (QED) is 0.859. The molecule has 0 amide bonds. The van der Waals surface area contributed by atoms with Crippen molar-refractivity contribution in [3.8, 4) is 0 Å². The molecule has 0 bridgehead atoms. The molecule has 1 unspecified atom stereocenters. The molecule has 2 aromatic rings. The molecular weight excluding hydrogens is 254 g/mol. The molecule has 0 aromatic carbocycles. The van der Waals surface area contributed by atoms with E-state index in [-0.39, 0.29) is 6.04 Å². The Morgan fingerprint density at radius 1 is 1.21 bits per heavy atom. The van der Waals surface area contributed by atoms with E-state index in [2.05, 4.69) is 44.5 Å². The average molecular weight is 277 g/mol. The molecule has 3 heteroatoms. The minimum atomic E-state index is 0.252. The fraction of sp³-hybridized carbons (Fsp3) is 0.500.